The number of nitrogens with zero attached hydrogens (tertiary/aromatic N) is 1. The van der Waals surface area contributed by atoms with Gasteiger partial charge in [0.05, 0.1) is 5.75 Å². The Balaban J connectivity index is 1.52. The van der Waals surface area contributed by atoms with Crippen LogP contribution in [-0.2, 0) is 22.3 Å². The maximum absolute atomic E-state index is 12.3. The zero-order chi connectivity index (χ0) is 20.7. The number of benzene rings is 2. The molecular weight excluding hydrogens is 388 g/mol. The second-order valence-electron chi connectivity index (χ2n) is 6.59. The summed E-state index contributed by atoms with van der Waals surface area (Å²) >= 11 is 0. The molecule has 0 aliphatic rings. The summed E-state index contributed by atoms with van der Waals surface area (Å²) in [5, 5.41) is 5.45. The van der Waals surface area contributed by atoms with Gasteiger partial charge < -0.3 is 10.6 Å². The summed E-state index contributed by atoms with van der Waals surface area (Å²) in [6.45, 7) is 2.33. The van der Waals surface area contributed by atoms with Crippen molar-refractivity contribution in [1.29, 1.82) is 0 Å². The molecule has 8 heteroatoms. The molecule has 0 unspecified atom stereocenters. The minimum atomic E-state index is -3.53. The van der Waals surface area contributed by atoms with E-state index in [0.717, 1.165) is 11.1 Å². The van der Waals surface area contributed by atoms with E-state index in [4.69, 9.17) is 0 Å². The smallest absolute Gasteiger partial charge is 0.319 e. The molecule has 0 aliphatic heterocycles. The van der Waals surface area contributed by atoms with E-state index in [1.165, 1.54) is 0 Å². The van der Waals surface area contributed by atoms with Crippen LogP contribution in [0.1, 0.15) is 16.7 Å². The monoisotopic (exact) mass is 410 g/mol. The Bertz CT molecular complexity index is 1050. The summed E-state index contributed by atoms with van der Waals surface area (Å²) in [5.41, 5.74) is 3.71. The predicted molar refractivity (Wildman–Crippen MR) is 114 cm³/mol. The fourth-order valence-electron chi connectivity index (χ4n) is 2.60. The number of hydrogen-bond donors (Lipinski definition) is 3. The van der Waals surface area contributed by atoms with Crippen LogP contribution in [0.5, 0.6) is 0 Å². The lowest BCUT2D eigenvalue weighted by Crippen LogP contribution is -2.28. The normalized spacial score (nSPS) is 10.9. The van der Waals surface area contributed by atoms with Gasteiger partial charge in [-0.25, -0.2) is 13.2 Å². The Kier molecular flexibility index (Phi) is 6.46. The number of pyridine rings is 1. The zero-order valence-electron chi connectivity index (χ0n) is 15.9. The molecule has 0 fully saturated rings. The van der Waals surface area contributed by atoms with E-state index in [9.17, 15) is 13.2 Å². The molecule has 0 radical (unpaired) electrons. The molecule has 1 heterocycles. The van der Waals surface area contributed by atoms with Crippen LogP contribution in [0.4, 0.5) is 16.2 Å². The molecule has 0 spiro atoms. The average Bonchev–Trinajstić information content (AvgIpc) is 2.70. The zero-order valence-corrected chi connectivity index (χ0v) is 16.7. The first-order valence-corrected chi connectivity index (χ1v) is 10.6. The van der Waals surface area contributed by atoms with Gasteiger partial charge in [-0.1, -0.05) is 29.8 Å². The van der Waals surface area contributed by atoms with Crippen molar-refractivity contribution in [2.75, 3.05) is 10.0 Å². The highest BCUT2D eigenvalue weighted by molar-refractivity contribution is 7.91. The van der Waals surface area contributed by atoms with Gasteiger partial charge in [0.25, 0.3) is 0 Å². The molecule has 7 nitrogen and oxygen atoms in total. The first-order chi connectivity index (χ1) is 13.9. The molecule has 0 saturated heterocycles. The van der Waals surface area contributed by atoms with Gasteiger partial charge in [-0.05, 0) is 54.4 Å². The second kappa shape index (κ2) is 9.20. The van der Waals surface area contributed by atoms with Gasteiger partial charge in [0.15, 0.2) is 0 Å². The molecular formula is C21H22N4O3S. The minimum absolute atomic E-state index is 0.106. The van der Waals surface area contributed by atoms with Crippen molar-refractivity contribution in [3.05, 3.63) is 89.7 Å². The van der Waals surface area contributed by atoms with Gasteiger partial charge in [-0.3, -0.25) is 9.71 Å². The maximum atomic E-state index is 12.3. The van der Waals surface area contributed by atoms with Crippen molar-refractivity contribution >= 4 is 27.4 Å². The molecule has 0 atom stereocenters. The van der Waals surface area contributed by atoms with Crippen molar-refractivity contribution < 1.29 is 13.2 Å². The third-order valence-corrected chi connectivity index (χ3v) is 5.36. The fraction of sp³-hybridized carbons (Fsp3) is 0.143. The number of carbonyl (C=O) groups excluding carboxylic acids is 1. The third kappa shape index (κ3) is 6.62. The number of anilines is 2. The van der Waals surface area contributed by atoms with Crippen LogP contribution in [-0.4, -0.2) is 19.4 Å². The van der Waals surface area contributed by atoms with Gasteiger partial charge in [0.1, 0.15) is 0 Å². The Labute approximate surface area is 170 Å². The van der Waals surface area contributed by atoms with E-state index in [1.807, 2.05) is 31.2 Å². The van der Waals surface area contributed by atoms with E-state index in [-0.39, 0.29) is 11.8 Å². The van der Waals surface area contributed by atoms with Crippen LogP contribution in [0.2, 0.25) is 0 Å². The lowest BCUT2D eigenvalue weighted by atomic mass is 10.2. The number of aryl methyl sites for hydroxylation is 1. The molecule has 3 aromatic rings. The maximum Gasteiger partial charge on any atom is 0.319 e. The van der Waals surface area contributed by atoms with Crippen molar-refractivity contribution in [3.8, 4) is 0 Å². The first kappa shape index (κ1) is 20.3. The summed E-state index contributed by atoms with van der Waals surface area (Å²) < 4.78 is 27.2. The van der Waals surface area contributed by atoms with E-state index in [1.54, 1.807) is 48.8 Å². The number of carbonyl (C=O) groups is 1. The Hall–Kier alpha value is -3.39. The molecule has 29 heavy (non-hydrogen) atoms. The quantitative estimate of drug-likeness (QED) is 0.553. The summed E-state index contributed by atoms with van der Waals surface area (Å²) in [5.74, 6) is -0.106. The minimum Gasteiger partial charge on any atom is -0.334 e. The van der Waals surface area contributed by atoms with Gasteiger partial charge in [0, 0.05) is 30.3 Å². The third-order valence-electron chi connectivity index (χ3n) is 4.10. The molecule has 0 saturated carbocycles. The molecule has 0 aliphatic carbocycles. The number of hydrogen-bond acceptors (Lipinski definition) is 4. The SMILES string of the molecule is Cc1ccc(CS(=O)(=O)Nc2ccc(NC(=O)NCc3ccncc3)cc2)cc1. The molecule has 0 bridgehead atoms. The second-order valence-corrected chi connectivity index (χ2v) is 8.31. The summed E-state index contributed by atoms with van der Waals surface area (Å²) in [7, 11) is -3.53. The summed E-state index contributed by atoms with van der Waals surface area (Å²) in [6, 6.07) is 17.1. The fourth-order valence-corrected chi connectivity index (χ4v) is 3.80. The van der Waals surface area contributed by atoms with Crippen molar-refractivity contribution in [3.63, 3.8) is 0 Å². The van der Waals surface area contributed by atoms with Gasteiger partial charge in [-0.2, -0.15) is 0 Å². The molecule has 3 N–H and O–H groups in total. The standard InChI is InChI=1S/C21H22N4O3S/c1-16-2-4-18(5-3-16)15-29(27,28)25-20-8-6-19(7-9-20)24-21(26)23-14-17-10-12-22-13-11-17/h2-13,25H,14-15H2,1H3,(H2,23,24,26). The van der Waals surface area contributed by atoms with E-state index in [0.29, 0.717) is 23.5 Å². The molecule has 1 aromatic heterocycles. The van der Waals surface area contributed by atoms with Gasteiger partial charge in [0.2, 0.25) is 10.0 Å². The number of amides is 2. The molecule has 3 rings (SSSR count). The number of sulfonamides is 1. The molecule has 2 aromatic carbocycles. The van der Waals surface area contributed by atoms with E-state index < -0.39 is 10.0 Å². The van der Waals surface area contributed by atoms with Crippen LogP contribution < -0.4 is 15.4 Å². The topological polar surface area (TPSA) is 100 Å². The summed E-state index contributed by atoms with van der Waals surface area (Å²) in [6.07, 6.45) is 3.32. The van der Waals surface area contributed by atoms with Gasteiger partial charge >= 0.3 is 6.03 Å². The highest BCUT2D eigenvalue weighted by Crippen LogP contribution is 2.17. The van der Waals surface area contributed by atoms with E-state index in [2.05, 4.69) is 20.3 Å². The Morgan fingerprint density at radius 1 is 0.862 bits per heavy atom. The van der Waals surface area contributed by atoms with Crippen LogP contribution >= 0.6 is 0 Å². The molecule has 150 valence electrons. The van der Waals surface area contributed by atoms with E-state index >= 15 is 0 Å². The number of urea groups is 1. The van der Waals surface area contributed by atoms with Crippen LogP contribution in [0.25, 0.3) is 0 Å². The Morgan fingerprint density at radius 2 is 1.48 bits per heavy atom. The predicted octanol–water partition coefficient (Wildman–Crippen LogP) is 3.65. The summed E-state index contributed by atoms with van der Waals surface area (Å²) in [4.78, 5) is 15.9. The lowest BCUT2D eigenvalue weighted by Gasteiger charge is -2.10. The van der Waals surface area contributed by atoms with Gasteiger partial charge in [-0.15, -0.1) is 0 Å². The highest BCUT2D eigenvalue weighted by Gasteiger charge is 2.12. The first-order valence-electron chi connectivity index (χ1n) is 8.99. The largest absolute Gasteiger partial charge is 0.334 e. The van der Waals surface area contributed by atoms with Crippen molar-refractivity contribution in [1.82, 2.24) is 10.3 Å². The van der Waals surface area contributed by atoms with Crippen LogP contribution in [0.15, 0.2) is 73.1 Å². The average molecular weight is 410 g/mol. The highest BCUT2D eigenvalue weighted by atomic mass is 32.2. The van der Waals surface area contributed by atoms with Crippen LogP contribution in [0.3, 0.4) is 0 Å². The van der Waals surface area contributed by atoms with Crippen LogP contribution in [0, 0.1) is 6.92 Å². The lowest BCUT2D eigenvalue weighted by molar-refractivity contribution is 0.251. The molecule has 2 amide bonds. The number of nitrogens with one attached hydrogen (secondary N) is 3. The number of rotatable bonds is 7. The number of aromatic nitrogens is 1. The van der Waals surface area contributed by atoms with Crippen molar-refractivity contribution in [2.45, 2.75) is 19.2 Å². The Morgan fingerprint density at radius 3 is 2.14 bits per heavy atom. The van der Waals surface area contributed by atoms with Crippen molar-refractivity contribution in [2.24, 2.45) is 0 Å².